The second kappa shape index (κ2) is 10.4. The molecule has 0 atom stereocenters. The standard InChI is InChI=1S/C24H26F2N6O5S/c1-12(2)6-7-37-19-14(25)8-13(9-15(19)26)16-11-38-22(27-16)28-17(33)10-32-18-20(30(4)24(32)36)29(3)23(35)31(5)21(18)34/h8-9,11-12H,6-7,10H2,1-5H3,(H,27,28,33). The molecule has 0 saturated heterocycles. The number of nitrogens with zero attached hydrogens (tertiary/aromatic N) is 5. The van der Waals surface area contributed by atoms with E-state index >= 15 is 0 Å². The van der Waals surface area contributed by atoms with Crippen LogP contribution in [0.2, 0.25) is 0 Å². The lowest BCUT2D eigenvalue weighted by atomic mass is 10.1. The molecule has 0 spiro atoms. The van der Waals surface area contributed by atoms with E-state index in [1.807, 2.05) is 13.8 Å². The molecular formula is C24H26F2N6O5S. The number of carbonyl (C=O) groups is 1. The normalized spacial score (nSPS) is 11.5. The van der Waals surface area contributed by atoms with Gasteiger partial charge in [0.25, 0.3) is 5.56 Å². The Labute approximate surface area is 218 Å². The molecule has 4 rings (SSSR count). The van der Waals surface area contributed by atoms with E-state index in [1.54, 1.807) is 0 Å². The van der Waals surface area contributed by atoms with Crippen molar-refractivity contribution in [3.8, 4) is 17.0 Å². The van der Waals surface area contributed by atoms with Crippen LogP contribution in [-0.2, 0) is 32.5 Å². The van der Waals surface area contributed by atoms with Gasteiger partial charge in [0, 0.05) is 32.1 Å². The monoisotopic (exact) mass is 548 g/mol. The van der Waals surface area contributed by atoms with Crippen molar-refractivity contribution in [2.45, 2.75) is 26.8 Å². The van der Waals surface area contributed by atoms with Crippen LogP contribution in [0.5, 0.6) is 5.75 Å². The van der Waals surface area contributed by atoms with Crippen molar-refractivity contribution in [1.29, 1.82) is 0 Å². The fraction of sp³-hybridized carbons (Fsp3) is 0.375. The first kappa shape index (κ1) is 27.0. The van der Waals surface area contributed by atoms with Gasteiger partial charge < -0.3 is 10.1 Å². The molecule has 0 bridgehead atoms. The summed E-state index contributed by atoms with van der Waals surface area (Å²) in [6.07, 6.45) is 0.646. The Morgan fingerprint density at radius 3 is 2.32 bits per heavy atom. The summed E-state index contributed by atoms with van der Waals surface area (Å²) in [5, 5.41) is 4.17. The predicted octanol–water partition coefficient (Wildman–Crippen LogP) is 2.20. The van der Waals surface area contributed by atoms with Crippen molar-refractivity contribution < 1.29 is 18.3 Å². The Kier molecular flexibility index (Phi) is 7.35. The predicted molar refractivity (Wildman–Crippen MR) is 139 cm³/mol. The molecule has 0 saturated carbocycles. The Hall–Kier alpha value is -4.07. The minimum atomic E-state index is -0.867. The number of carbonyl (C=O) groups excluding carboxylic acids is 1. The van der Waals surface area contributed by atoms with Crippen molar-refractivity contribution in [2.24, 2.45) is 27.1 Å². The summed E-state index contributed by atoms with van der Waals surface area (Å²) in [5.41, 5.74) is -1.63. The lowest BCUT2D eigenvalue weighted by Gasteiger charge is -2.10. The van der Waals surface area contributed by atoms with Crippen molar-refractivity contribution in [2.75, 3.05) is 11.9 Å². The number of halogens is 2. The number of nitrogens with one attached hydrogen (secondary N) is 1. The summed E-state index contributed by atoms with van der Waals surface area (Å²) in [6, 6.07) is 2.20. The van der Waals surface area contributed by atoms with E-state index in [1.165, 1.54) is 26.5 Å². The van der Waals surface area contributed by atoms with Gasteiger partial charge in [-0.1, -0.05) is 13.8 Å². The van der Waals surface area contributed by atoms with Crippen LogP contribution in [0.4, 0.5) is 13.9 Å². The first-order valence-electron chi connectivity index (χ1n) is 11.6. The van der Waals surface area contributed by atoms with Gasteiger partial charge in [0.1, 0.15) is 6.54 Å². The van der Waals surface area contributed by atoms with Gasteiger partial charge in [-0.25, -0.2) is 23.4 Å². The van der Waals surface area contributed by atoms with E-state index < -0.39 is 46.8 Å². The van der Waals surface area contributed by atoms with Crippen LogP contribution in [0.15, 0.2) is 31.9 Å². The van der Waals surface area contributed by atoms with Crippen LogP contribution in [0, 0.1) is 17.6 Å². The third-order valence-electron chi connectivity index (χ3n) is 6.00. The number of hydrogen-bond donors (Lipinski definition) is 1. The number of amides is 1. The second-order valence-corrected chi connectivity index (χ2v) is 10.0. The van der Waals surface area contributed by atoms with E-state index in [4.69, 9.17) is 4.74 Å². The molecule has 1 N–H and O–H groups in total. The van der Waals surface area contributed by atoms with Gasteiger partial charge in [0.2, 0.25) is 5.91 Å². The van der Waals surface area contributed by atoms with Crippen LogP contribution in [-0.4, -0.2) is 35.8 Å². The summed E-state index contributed by atoms with van der Waals surface area (Å²) in [5.74, 6) is -2.53. The smallest absolute Gasteiger partial charge is 0.332 e. The highest BCUT2D eigenvalue weighted by atomic mass is 32.1. The Bertz CT molecular complexity index is 1710. The zero-order valence-corrected chi connectivity index (χ0v) is 22.2. The number of aromatic nitrogens is 5. The molecule has 38 heavy (non-hydrogen) atoms. The minimum Gasteiger partial charge on any atom is -0.488 e. The quantitative estimate of drug-likeness (QED) is 0.360. The molecule has 4 aromatic rings. The number of thiazole rings is 1. The lowest BCUT2D eigenvalue weighted by Crippen LogP contribution is -2.38. The summed E-state index contributed by atoms with van der Waals surface area (Å²) in [4.78, 5) is 54.7. The molecule has 3 heterocycles. The van der Waals surface area contributed by atoms with E-state index in [2.05, 4.69) is 10.3 Å². The number of ether oxygens (including phenoxy) is 1. The Morgan fingerprint density at radius 1 is 1.05 bits per heavy atom. The summed E-state index contributed by atoms with van der Waals surface area (Å²) in [6.45, 7) is 3.61. The minimum absolute atomic E-state index is 0.0770. The number of rotatable bonds is 8. The van der Waals surface area contributed by atoms with Gasteiger partial charge >= 0.3 is 11.4 Å². The van der Waals surface area contributed by atoms with Crippen LogP contribution < -0.4 is 27.0 Å². The van der Waals surface area contributed by atoms with E-state index in [0.717, 1.165) is 41.7 Å². The molecule has 0 aliphatic heterocycles. The highest BCUT2D eigenvalue weighted by Gasteiger charge is 2.22. The number of fused-ring (bicyclic) bond motifs is 1. The molecule has 0 aliphatic carbocycles. The zero-order valence-electron chi connectivity index (χ0n) is 21.4. The van der Waals surface area contributed by atoms with Crippen molar-refractivity contribution in [3.63, 3.8) is 0 Å². The molecule has 0 aliphatic rings. The SMILES string of the molecule is CC(C)CCOc1c(F)cc(-c2csc(NC(=O)Cn3c(=O)n(C)c4c3c(=O)n(C)c(=O)n4C)n2)cc1F. The number of benzene rings is 1. The first-order chi connectivity index (χ1) is 17.9. The number of hydrogen-bond acceptors (Lipinski definition) is 7. The zero-order chi connectivity index (χ0) is 27.9. The second-order valence-electron chi connectivity index (χ2n) is 9.19. The topological polar surface area (TPSA) is 122 Å². The maximum absolute atomic E-state index is 14.5. The van der Waals surface area contributed by atoms with Gasteiger partial charge in [-0.05, 0) is 24.5 Å². The average molecular weight is 549 g/mol. The van der Waals surface area contributed by atoms with Crippen LogP contribution in [0.3, 0.4) is 0 Å². The largest absolute Gasteiger partial charge is 0.488 e. The molecule has 0 radical (unpaired) electrons. The van der Waals surface area contributed by atoms with Crippen molar-refractivity contribution >= 4 is 33.5 Å². The lowest BCUT2D eigenvalue weighted by molar-refractivity contribution is -0.116. The summed E-state index contributed by atoms with van der Waals surface area (Å²) < 4.78 is 38.4. The van der Waals surface area contributed by atoms with Crippen LogP contribution >= 0.6 is 11.3 Å². The van der Waals surface area contributed by atoms with Gasteiger partial charge in [0.05, 0.1) is 12.3 Å². The molecule has 3 aromatic heterocycles. The van der Waals surface area contributed by atoms with E-state index in [-0.39, 0.29) is 34.2 Å². The summed E-state index contributed by atoms with van der Waals surface area (Å²) in [7, 11) is 4.09. The molecule has 0 unspecified atom stereocenters. The van der Waals surface area contributed by atoms with Gasteiger partial charge in [-0.15, -0.1) is 11.3 Å². The molecule has 11 nitrogen and oxygen atoms in total. The van der Waals surface area contributed by atoms with Crippen molar-refractivity contribution in [1.82, 2.24) is 23.3 Å². The molecular weight excluding hydrogens is 522 g/mol. The molecule has 14 heteroatoms. The summed E-state index contributed by atoms with van der Waals surface area (Å²) >= 11 is 1.02. The van der Waals surface area contributed by atoms with Gasteiger partial charge in [0.15, 0.2) is 33.7 Å². The first-order valence-corrected chi connectivity index (χ1v) is 12.5. The third-order valence-corrected chi connectivity index (χ3v) is 6.76. The van der Waals surface area contributed by atoms with Crippen LogP contribution in [0.1, 0.15) is 20.3 Å². The number of anilines is 1. The molecule has 1 amide bonds. The Balaban J connectivity index is 1.55. The van der Waals surface area contributed by atoms with E-state index in [9.17, 15) is 28.0 Å². The fourth-order valence-electron chi connectivity index (χ4n) is 3.96. The number of imidazole rings is 1. The maximum atomic E-state index is 14.5. The number of aryl methyl sites for hydroxylation is 2. The molecule has 202 valence electrons. The van der Waals surface area contributed by atoms with Crippen LogP contribution in [0.25, 0.3) is 22.4 Å². The fourth-order valence-corrected chi connectivity index (χ4v) is 4.69. The van der Waals surface area contributed by atoms with Gasteiger partial charge in [-0.3, -0.25) is 27.9 Å². The van der Waals surface area contributed by atoms with Crippen molar-refractivity contribution in [3.05, 3.63) is 60.5 Å². The molecule has 1 aromatic carbocycles. The average Bonchev–Trinajstić information content (AvgIpc) is 3.41. The van der Waals surface area contributed by atoms with E-state index in [0.29, 0.717) is 12.3 Å². The maximum Gasteiger partial charge on any atom is 0.332 e. The Morgan fingerprint density at radius 2 is 1.68 bits per heavy atom. The third kappa shape index (κ3) is 4.90. The van der Waals surface area contributed by atoms with Gasteiger partial charge in [-0.2, -0.15) is 0 Å². The molecule has 0 fully saturated rings. The highest BCUT2D eigenvalue weighted by Crippen LogP contribution is 2.31. The highest BCUT2D eigenvalue weighted by molar-refractivity contribution is 7.14.